The number of hydrogen-bond acceptors (Lipinski definition) is 3. The van der Waals surface area contributed by atoms with E-state index in [1.54, 1.807) is 0 Å². The van der Waals surface area contributed by atoms with Gasteiger partial charge in [-0.3, -0.25) is 4.79 Å². The molecule has 1 aliphatic heterocycles. The van der Waals surface area contributed by atoms with Gasteiger partial charge in [0.1, 0.15) is 0 Å². The fraction of sp³-hybridized carbons (Fsp3) is 0.917. The normalized spacial score (nSPS) is 24.9. The van der Waals surface area contributed by atoms with Crippen molar-refractivity contribution in [1.82, 2.24) is 4.90 Å². The van der Waals surface area contributed by atoms with Crippen LogP contribution in [0.2, 0.25) is 0 Å². The highest BCUT2D eigenvalue weighted by atomic mass is 16.5. The minimum Gasteiger partial charge on any atom is -0.381 e. The third-order valence-corrected chi connectivity index (χ3v) is 3.89. The summed E-state index contributed by atoms with van der Waals surface area (Å²) in [4.78, 5) is 13.9. The molecule has 2 aliphatic rings. The number of hydrogen-bond donors (Lipinski definition) is 1. The van der Waals surface area contributed by atoms with Gasteiger partial charge in [-0.05, 0) is 38.0 Å². The number of carbonyl (C=O) groups excluding carboxylic acids is 1. The molecule has 1 saturated heterocycles. The maximum Gasteiger partial charge on any atom is 0.242 e. The van der Waals surface area contributed by atoms with E-state index in [2.05, 4.69) is 0 Å². The molecule has 0 radical (unpaired) electrons. The average molecular weight is 226 g/mol. The van der Waals surface area contributed by atoms with Gasteiger partial charge in [0.2, 0.25) is 5.91 Å². The second kappa shape index (κ2) is 4.72. The van der Waals surface area contributed by atoms with Crippen LogP contribution in [0.1, 0.15) is 32.1 Å². The Labute approximate surface area is 97.1 Å². The van der Waals surface area contributed by atoms with Crippen LogP contribution in [0.5, 0.6) is 0 Å². The van der Waals surface area contributed by atoms with Crippen LogP contribution in [0.15, 0.2) is 0 Å². The average Bonchev–Trinajstić information content (AvgIpc) is 2.26. The SMILES string of the molecule is CN(CC1CCOCC1)C(=O)C1(N)CCC1. The van der Waals surface area contributed by atoms with E-state index in [1.807, 2.05) is 11.9 Å². The first-order chi connectivity index (χ1) is 7.62. The third kappa shape index (κ3) is 2.38. The molecule has 0 aromatic heterocycles. The molecule has 0 spiro atoms. The Kier molecular flexibility index (Phi) is 3.50. The van der Waals surface area contributed by atoms with Crippen LogP contribution in [0.4, 0.5) is 0 Å². The Balaban J connectivity index is 1.82. The van der Waals surface area contributed by atoms with Crippen molar-refractivity contribution in [2.75, 3.05) is 26.8 Å². The van der Waals surface area contributed by atoms with Gasteiger partial charge in [0, 0.05) is 26.8 Å². The van der Waals surface area contributed by atoms with E-state index in [0.29, 0.717) is 5.92 Å². The van der Waals surface area contributed by atoms with Crippen molar-refractivity contribution in [3.8, 4) is 0 Å². The topological polar surface area (TPSA) is 55.6 Å². The number of amides is 1. The number of nitrogens with zero attached hydrogens (tertiary/aromatic N) is 1. The minimum atomic E-state index is -0.542. The van der Waals surface area contributed by atoms with Gasteiger partial charge < -0.3 is 15.4 Å². The second-order valence-electron chi connectivity index (χ2n) is 5.25. The van der Waals surface area contributed by atoms with Crippen LogP contribution in [0, 0.1) is 5.92 Å². The molecule has 0 unspecified atom stereocenters. The summed E-state index contributed by atoms with van der Waals surface area (Å²) in [5.74, 6) is 0.719. The number of ether oxygens (including phenoxy) is 1. The number of likely N-dealkylation sites (N-methyl/N-ethyl adjacent to an activating group) is 1. The molecule has 2 fully saturated rings. The molecular formula is C12H22N2O2. The molecule has 16 heavy (non-hydrogen) atoms. The highest BCUT2D eigenvalue weighted by molar-refractivity contribution is 5.86. The van der Waals surface area contributed by atoms with Crippen molar-refractivity contribution < 1.29 is 9.53 Å². The molecule has 4 heteroatoms. The van der Waals surface area contributed by atoms with Gasteiger partial charge in [0.15, 0.2) is 0 Å². The molecular weight excluding hydrogens is 204 g/mol. The number of nitrogens with two attached hydrogens (primary N) is 1. The Morgan fingerprint density at radius 3 is 2.56 bits per heavy atom. The lowest BCUT2D eigenvalue weighted by atomic mass is 9.76. The highest BCUT2D eigenvalue weighted by Crippen LogP contribution is 2.31. The molecule has 92 valence electrons. The van der Waals surface area contributed by atoms with Crippen LogP contribution in [0.3, 0.4) is 0 Å². The molecule has 1 heterocycles. The molecule has 2 N–H and O–H groups in total. The zero-order valence-corrected chi connectivity index (χ0v) is 10.1. The summed E-state index contributed by atoms with van der Waals surface area (Å²) in [6.45, 7) is 2.50. The van der Waals surface area contributed by atoms with Gasteiger partial charge in [0.25, 0.3) is 0 Å². The Bertz CT molecular complexity index is 258. The standard InChI is InChI=1S/C12H22N2O2/c1-14(9-10-3-7-16-8-4-10)11(15)12(13)5-2-6-12/h10H,2-9,13H2,1H3. The summed E-state index contributed by atoms with van der Waals surface area (Å²) in [5.41, 5.74) is 5.49. The molecule has 0 aromatic carbocycles. The first-order valence-electron chi connectivity index (χ1n) is 6.24. The molecule has 4 nitrogen and oxygen atoms in total. The highest BCUT2D eigenvalue weighted by Gasteiger charge is 2.42. The number of rotatable bonds is 3. The van der Waals surface area contributed by atoms with Crippen LogP contribution in [0.25, 0.3) is 0 Å². The van der Waals surface area contributed by atoms with E-state index >= 15 is 0 Å². The first kappa shape index (κ1) is 11.9. The minimum absolute atomic E-state index is 0.130. The van der Waals surface area contributed by atoms with Gasteiger partial charge >= 0.3 is 0 Å². The molecule has 0 aromatic rings. The lowest BCUT2D eigenvalue weighted by molar-refractivity contribution is -0.139. The van der Waals surface area contributed by atoms with Crippen molar-refractivity contribution >= 4 is 5.91 Å². The monoisotopic (exact) mass is 226 g/mol. The lowest BCUT2D eigenvalue weighted by Crippen LogP contribution is -2.59. The summed E-state index contributed by atoms with van der Waals surface area (Å²) in [5, 5.41) is 0. The molecule has 1 saturated carbocycles. The lowest BCUT2D eigenvalue weighted by Gasteiger charge is -2.40. The van der Waals surface area contributed by atoms with Gasteiger partial charge in [-0.25, -0.2) is 0 Å². The van der Waals surface area contributed by atoms with E-state index < -0.39 is 5.54 Å². The molecule has 1 aliphatic carbocycles. The summed E-state index contributed by atoms with van der Waals surface area (Å²) >= 11 is 0. The first-order valence-corrected chi connectivity index (χ1v) is 6.24. The fourth-order valence-corrected chi connectivity index (χ4v) is 2.55. The van der Waals surface area contributed by atoms with E-state index in [4.69, 9.17) is 10.5 Å². The van der Waals surface area contributed by atoms with Gasteiger partial charge in [-0.15, -0.1) is 0 Å². The summed E-state index contributed by atoms with van der Waals surface area (Å²) in [6, 6.07) is 0. The molecule has 0 bridgehead atoms. The largest absolute Gasteiger partial charge is 0.381 e. The van der Waals surface area contributed by atoms with Crippen LogP contribution >= 0.6 is 0 Å². The van der Waals surface area contributed by atoms with Gasteiger partial charge in [-0.2, -0.15) is 0 Å². The Morgan fingerprint density at radius 1 is 1.44 bits per heavy atom. The fourth-order valence-electron chi connectivity index (χ4n) is 2.55. The predicted octanol–water partition coefficient (Wildman–Crippen LogP) is 0.753. The second-order valence-corrected chi connectivity index (χ2v) is 5.25. The van der Waals surface area contributed by atoms with E-state index in [9.17, 15) is 4.79 Å². The third-order valence-electron chi connectivity index (χ3n) is 3.89. The summed E-state index contributed by atoms with van der Waals surface area (Å²) < 4.78 is 5.31. The van der Waals surface area contributed by atoms with Crippen molar-refractivity contribution in [3.63, 3.8) is 0 Å². The molecule has 2 rings (SSSR count). The number of carbonyl (C=O) groups is 1. The van der Waals surface area contributed by atoms with Gasteiger partial charge in [0.05, 0.1) is 5.54 Å². The molecule has 0 atom stereocenters. The van der Waals surface area contributed by atoms with Crippen LogP contribution in [-0.2, 0) is 9.53 Å². The van der Waals surface area contributed by atoms with Crippen molar-refractivity contribution in [3.05, 3.63) is 0 Å². The van der Waals surface area contributed by atoms with Crippen LogP contribution < -0.4 is 5.73 Å². The Hall–Kier alpha value is -0.610. The summed E-state index contributed by atoms with van der Waals surface area (Å²) in [6.07, 6.45) is 4.92. The zero-order chi connectivity index (χ0) is 11.6. The van der Waals surface area contributed by atoms with Gasteiger partial charge in [-0.1, -0.05) is 0 Å². The Morgan fingerprint density at radius 2 is 2.06 bits per heavy atom. The van der Waals surface area contributed by atoms with Crippen molar-refractivity contribution in [2.45, 2.75) is 37.6 Å². The van der Waals surface area contributed by atoms with Crippen molar-refractivity contribution in [2.24, 2.45) is 11.7 Å². The predicted molar refractivity (Wildman–Crippen MR) is 61.9 cm³/mol. The van der Waals surface area contributed by atoms with Crippen molar-refractivity contribution in [1.29, 1.82) is 0 Å². The quantitative estimate of drug-likeness (QED) is 0.772. The molecule has 1 amide bonds. The van der Waals surface area contributed by atoms with E-state index in [1.165, 1.54) is 0 Å². The maximum absolute atomic E-state index is 12.1. The van der Waals surface area contributed by atoms with Crippen LogP contribution in [-0.4, -0.2) is 43.2 Å². The van der Waals surface area contributed by atoms with E-state index in [0.717, 1.165) is 51.9 Å². The smallest absolute Gasteiger partial charge is 0.242 e. The zero-order valence-electron chi connectivity index (χ0n) is 10.1. The van der Waals surface area contributed by atoms with E-state index in [-0.39, 0.29) is 5.91 Å². The maximum atomic E-state index is 12.1. The summed E-state index contributed by atoms with van der Waals surface area (Å²) in [7, 11) is 1.88.